The van der Waals surface area contributed by atoms with E-state index < -0.39 is 43.1 Å². The van der Waals surface area contributed by atoms with Gasteiger partial charge in [-0.1, -0.05) is 32.0 Å². The van der Waals surface area contributed by atoms with Crippen LogP contribution in [-0.2, 0) is 12.4 Å². The Morgan fingerprint density at radius 2 is 1.43 bits per heavy atom. The Balaban J connectivity index is 0.00000450. The van der Waals surface area contributed by atoms with Gasteiger partial charge in [-0.25, -0.2) is 0 Å². The number of carbonyl (C=O) groups excluding carboxylic acids is 1. The second-order valence-corrected chi connectivity index (χ2v) is 8.01. The zero-order chi connectivity index (χ0) is 21.8. The van der Waals surface area contributed by atoms with Gasteiger partial charge in [0.1, 0.15) is 5.75 Å². The Bertz CT molecular complexity index is 816. The van der Waals surface area contributed by atoms with Gasteiger partial charge in [-0.3, -0.25) is 4.79 Å². The molecule has 10 heteroatoms. The van der Waals surface area contributed by atoms with E-state index in [0.29, 0.717) is 41.8 Å². The zero-order valence-electron chi connectivity index (χ0n) is 15.6. The second kappa shape index (κ2) is 10.7. The van der Waals surface area contributed by atoms with Crippen molar-refractivity contribution < 1.29 is 35.9 Å². The molecule has 160 valence electrons. The summed E-state index contributed by atoms with van der Waals surface area (Å²) in [6.07, 6.45) is -9.33. The summed E-state index contributed by atoms with van der Waals surface area (Å²) in [5, 5.41) is 0.316. The molecule has 0 aromatic heterocycles. The van der Waals surface area contributed by atoms with Crippen molar-refractivity contribution in [2.45, 2.75) is 32.6 Å². The molecule has 2 aromatic carbocycles. The average Bonchev–Trinajstić information content (AvgIpc) is 2.60. The van der Waals surface area contributed by atoms with Crippen LogP contribution in [-0.4, -0.2) is 31.0 Å². The van der Waals surface area contributed by atoms with Gasteiger partial charge in [-0.2, -0.15) is 26.3 Å². The van der Waals surface area contributed by atoms with Crippen molar-refractivity contribution in [3.8, 4) is 5.75 Å². The Labute approximate surface area is 184 Å². The summed E-state index contributed by atoms with van der Waals surface area (Å²) < 4.78 is 84.8. The van der Waals surface area contributed by atoms with Gasteiger partial charge >= 0.3 is 31.2 Å². The number of hydrogen-bond acceptors (Lipinski definition) is 2. The fourth-order valence-electron chi connectivity index (χ4n) is 2.51. The summed E-state index contributed by atoms with van der Waals surface area (Å²) in [4.78, 5) is 12.5. The predicted octanol–water partition coefficient (Wildman–Crippen LogP) is 5.64. The summed E-state index contributed by atoms with van der Waals surface area (Å²) in [6.45, 7) is 4.55. The fraction of sp³-hybridized carbons (Fsp3) is 0.350. The van der Waals surface area contributed by atoms with Crippen molar-refractivity contribution in [2.24, 2.45) is 5.92 Å². The van der Waals surface area contributed by atoms with Crippen LogP contribution in [0.3, 0.4) is 0 Å². The quantitative estimate of drug-likeness (QED) is 0.314. The van der Waals surface area contributed by atoms with Crippen molar-refractivity contribution in [2.75, 3.05) is 6.61 Å². The van der Waals surface area contributed by atoms with Gasteiger partial charge in [-0.15, -0.1) is 0 Å². The number of benzene rings is 2. The number of ether oxygens (including phenoxy) is 1. The number of rotatable bonds is 7. The molecular weight excluding hydrogens is 424 g/mol. The molecule has 0 saturated carbocycles. The molecule has 0 amide bonds. The molecule has 2 rings (SSSR count). The third kappa shape index (κ3) is 7.34. The first-order valence-electron chi connectivity index (χ1n) is 8.71. The number of alkyl halides is 6. The average molecular weight is 444 g/mol. The first-order chi connectivity index (χ1) is 13.4. The Kier molecular flexibility index (Phi) is 9.47. The molecule has 1 atom stereocenters. The van der Waals surface area contributed by atoms with Gasteiger partial charge < -0.3 is 4.74 Å². The van der Waals surface area contributed by atoms with Crippen LogP contribution in [0.25, 0.3) is 0 Å². The molecular formula is C20H20F6LiO2P. The van der Waals surface area contributed by atoms with Crippen molar-refractivity contribution in [3.05, 3.63) is 59.2 Å². The fourth-order valence-corrected chi connectivity index (χ4v) is 3.50. The number of halogens is 6. The van der Waals surface area contributed by atoms with Crippen LogP contribution < -0.4 is 10.0 Å². The normalized spacial score (nSPS) is 12.3. The van der Waals surface area contributed by atoms with Crippen LogP contribution in [0.15, 0.2) is 42.5 Å². The third-order valence-electron chi connectivity index (χ3n) is 3.98. The molecule has 0 bridgehead atoms. The summed E-state index contributed by atoms with van der Waals surface area (Å²) in [5.41, 5.74) is -5.74. The van der Waals surface area contributed by atoms with Gasteiger partial charge in [0.2, 0.25) is 0 Å². The van der Waals surface area contributed by atoms with Crippen LogP contribution >= 0.6 is 8.58 Å². The molecule has 1 unspecified atom stereocenters. The molecule has 30 heavy (non-hydrogen) atoms. The third-order valence-corrected chi connectivity index (χ3v) is 5.08. The van der Waals surface area contributed by atoms with Crippen LogP contribution in [0.5, 0.6) is 5.75 Å². The van der Waals surface area contributed by atoms with Crippen LogP contribution in [0.4, 0.5) is 26.3 Å². The minimum absolute atomic E-state index is 0. The van der Waals surface area contributed by atoms with E-state index in [1.54, 1.807) is 0 Å². The van der Waals surface area contributed by atoms with E-state index in [0.717, 1.165) is 6.42 Å². The SMILES string of the molecule is CC(C)CCOc1ccc(PC(=O)c2c(C(F)(F)F)cccc2C(F)(F)F)cc1.[LiH]. The summed E-state index contributed by atoms with van der Waals surface area (Å²) in [7, 11) is -0.893. The van der Waals surface area contributed by atoms with Crippen LogP contribution in [0, 0.1) is 5.92 Å². The van der Waals surface area contributed by atoms with E-state index in [4.69, 9.17) is 4.74 Å². The van der Waals surface area contributed by atoms with E-state index in [9.17, 15) is 31.1 Å². The molecule has 2 nitrogen and oxygen atoms in total. The van der Waals surface area contributed by atoms with Crippen molar-refractivity contribution in [1.82, 2.24) is 0 Å². The Morgan fingerprint density at radius 1 is 0.933 bits per heavy atom. The molecule has 2 aromatic rings. The second-order valence-electron chi connectivity index (χ2n) is 6.73. The maximum absolute atomic E-state index is 13.2. The van der Waals surface area contributed by atoms with E-state index in [2.05, 4.69) is 0 Å². The molecule has 0 radical (unpaired) electrons. The summed E-state index contributed by atoms with van der Waals surface area (Å²) in [6, 6.07) is 7.62. The van der Waals surface area contributed by atoms with Gasteiger partial charge in [0, 0.05) is 5.56 Å². The van der Waals surface area contributed by atoms with Crippen molar-refractivity contribution in [3.63, 3.8) is 0 Å². The van der Waals surface area contributed by atoms with Crippen LogP contribution in [0.1, 0.15) is 41.8 Å². The van der Waals surface area contributed by atoms with Crippen LogP contribution in [0.2, 0.25) is 0 Å². The van der Waals surface area contributed by atoms with Gasteiger partial charge in [0.05, 0.1) is 17.7 Å². The monoisotopic (exact) mass is 444 g/mol. The molecule has 0 N–H and O–H groups in total. The Morgan fingerprint density at radius 3 is 1.87 bits per heavy atom. The topological polar surface area (TPSA) is 26.3 Å². The van der Waals surface area contributed by atoms with E-state index >= 15 is 0 Å². The zero-order valence-corrected chi connectivity index (χ0v) is 16.6. The molecule has 0 heterocycles. The first kappa shape index (κ1) is 26.6. The number of hydrogen-bond donors (Lipinski definition) is 0. The van der Waals surface area contributed by atoms with Gasteiger partial charge in [-0.05, 0) is 50.5 Å². The predicted molar refractivity (Wildman–Crippen MR) is 107 cm³/mol. The van der Waals surface area contributed by atoms with E-state index in [-0.39, 0.29) is 18.9 Å². The summed E-state index contributed by atoms with van der Waals surface area (Å²) >= 11 is 0. The molecule has 0 aliphatic carbocycles. The molecule has 0 aliphatic heterocycles. The van der Waals surface area contributed by atoms with E-state index in [1.165, 1.54) is 24.3 Å². The van der Waals surface area contributed by atoms with Crippen molar-refractivity contribution >= 4 is 38.3 Å². The Hall–Kier alpha value is -1.48. The number of carbonyl (C=O) groups is 1. The van der Waals surface area contributed by atoms with Gasteiger partial charge in [0.25, 0.3) is 0 Å². The van der Waals surface area contributed by atoms with Crippen molar-refractivity contribution in [1.29, 1.82) is 0 Å². The minimum atomic E-state index is -5.08. The van der Waals surface area contributed by atoms with Gasteiger partial charge in [0.15, 0.2) is 5.52 Å². The molecule has 0 saturated heterocycles. The standard InChI is InChI=1S/C20H19F6O2P.Li.H/c1-12(2)10-11-28-13-6-8-14(9-7-13)29-18(27)17-15(19(21,22)23)4-3-5-16(17)20(24,25)26;;/h3-9,12,29H,10-11H2,1-2H3;;. The molecule has 0 spiro atoms. The van der Waals surface area contributed by atoms with E-state index in [1.807, 2.05) is 13.8 Å². The molecule has 0 fully saturated rings. The summed E-state index contributed by atoms with van der Waals surface area (Å²) in [5.74, 6) is 0.961. The maximum atomic E-state index is 13.2. The molecule has 0 aliphatic rings. The first-order valence-corrected chi connectivity index (χ1v) is 9.71.